The van der Waals surface area contributed by atoms with Crippen molar-refractivity contribution < 1.29 is 0 Å². The van der Waals surface area contributed by atoms with E-state index in [0.717, 1.165) is 6.42 Å². The molecule has 0 unspecified atom stereocenters. The summed E-state index contributed by atoms with van der Waals surface area (Å²) in [4.78, 5) is 0. The van der Waals surface area contributed by atoms with Crippen LogP contribution < -0.4 is 0 Å². The third kappa shape index (κ3) is 3.88. The summed E-state index contributed by atoms with van der Waals surface area (Å²) in [6.07, 6.45) is 7.65. The molecule has 0 amide bonds. The van der Waals surface area contributed by atoms with E-state index in [1.54, 1.807) is 0 Å². The first-order chi connectivity index (χ1) is 2.89. The van der Waals surface area contributed by atoms with Crippen molar-refractivity contribution in [3.8, 4) is 0 Å². The number of hydrogen-bond acceptors (Lipinski definition) is 0. The van der Waals surface area contributed by atoms with Gasteiger partial charge in [0, 0.05) is 0 Å². The molecular formula is C6H10I2. The second-order valence-corrected chi connectivity index (χ2v) is 1.59. The summed E-state index contributed by atoms with van der Waals surface area (Å²) in [5.74, 6) is 0. The highest BCUT2D eigenvalue weighted by atomic mass is 127. The fraction of sp³-hybridized carbons (Fsp3) is 0.333. The van der Waals surface area contributed by atoms with Crippen molar-refractivity contribution in [1.29, 1.82) is 0 Å². The summed E-state index contributed by atoms with van der Waals surface area (Å²) >= 11 is 0. The summed E-state index contributed by atoms with van der Waals surface area (Å²) in [6.45, 7) is 2.11. The molecule has 0 N–H and O–H groups in total. The van der Waals surface area contributed by atoms with Gasteiger partial charge in [0.2, 0.25) is 0 Å². The SMILES string of the molecule is CC1=CCC=C1.I.I. The molecule has 0 saturated heterocycles. The Bertz CT molecular complexity index is 100. The minimum atomic E-state index is 0. The molecule has 1 rings (SSSR count). The van der Waals surface area contributed by atoms with E-state index in [0.29, 0.717) is 0 Å². The van der Waals surface area contributed by atoms with Gasteiger partial charge in [0.25, 0.3) is 0 Å². The van der Waals surface area contributed by atoms with Gasteiger partial charge in [-0.3, -0.25) is 0 Å². The second kappa shape index (κ2) is 6.07. The van der Waals surface area contributed by atoms with Gasteiger partial charge in [-0.1, -0.05) is 23.8 Å². The molecule has 0 radical (unpaired) electrons. The summed E-state index contributed by atoms with van der Waals surface area (Å²) < 4.78 is 0. The maximum atomic E-state index is 2.21. The first kappa shape index (κ1) is 11.7. The molecule has 1 aliphatic rings. The Morgan fingerprint density at radius 3 is 2.12 bits per heavy atom. The zero-order valence-corrected chi connectivity index (χ0v) is 9.42. The molecule has 0 aliphatic heterocycles. The maximum absolute atomic E-state index is 2.21. The predicted molar refractivity (Wildman–Crippen MR) is 58.3 cm³/mol. The molecule has 48 valence electrons. The van der Waals surface area contributed by atoms with Crippen molar-refractivity contribution in [2.75, 3.05) is 0 Å². The van der Waals surface area contributed by atoms with Crippen LogP contribution in [0.5, 0.6) is 0 Å². The second-order valence-electron chi connectivity index (χ2n) is 1.59. The quantitative estimate of drug-likeness (QED) is 0.597. The Labute approximate surface area is 84.5 Å². The monoisotopic (exact) mass is 336 g/mol. The van der Waals surface area contributed by atoms with Crippen molar-refractivity contribution >= 4 is 48.0 Å². The number of hydrogen-bond donors (Lipinski definition) is 0. The van der Waals surface area contributed by atoms with E-state index >= 15 is 0 Å². The van der Waals surface area contributed by atoms with Crippen LogP contribution in [0.4, 0.5) is 0 Å². The lowest BCUT2D eigenvalue weighted by Gasteiger charge is -1.72. The van der Waals surface area contributed by atoms with Crippen LogP contribution in [0.3, 0.4) is 0 Å². The molecule has 8 heavy (non-hydrogen) atoms. The number of rotatable bonds is 0. The van der Waals surface area contributed by atoms with E-state index in [-0.39, 0.29) is 48.0 Å². The normalized spacial score (nSPS) is 13.9. The Morgan fingerprint density at radius 1 is 1.38 bits per heavy atom. The lowest BCUT2D eigenvalue weighted by atomic mass is 10.3. The van der Waals surface area contributed by atoms with Crippen LogP contribution in [0.25, 0.3) is 0 Å². The van der Waals surface area contributed by atoms with Gasteiger partial charge < -0.3 is 0 Å². The summed E-state index contributed by atoms with van der Waals surface area (Å²) in [7, 11) is 0. The van der Waals surface area contributed by atoms with Gasteiger partial charge in [-0.15, -0.1) is 48.0 Å². The minimum absolute atomic E-state index is 0. The molecule has 0 aromatic heterocycles. The van der Waals surface area contributed by atoms with Crippen LogP contribution >= 0.6 is 48.0 Å². The maximum Gasteiger partial charge on any atom is -0.0160 e. The largest absolute Gasteiger partial charge is 0.107 e. The van der Waals surface area contributed by atoms with Crippen LogP contribution in [-0.2, 0) is 0 Å². The lowest BCUT2D eigenvalue weighted by Crippen LogP contribution is -1.51. The summed E-state index contributed by atoms with van der Waals surface area (Å²) in [5, 5.41) is 0. The molecule has 0 nitrogen and oxygen atoms in total. The van der Waals surface area contributed by atoms with Crippen molar-refractivity contribution in [3.05, 3.63) is 23.8 Å². The average molecular weight is 336 g/mol. The van der Waals surface area contributed by atoms with E-state index in [1.165, 1.54) is 5.57 Å². The van der Waals surface area contributed by atoms with Crippen LogP contribution in [0.15, 0.2) is 23.8 Å². The van der Waals surface area contributed by atoms with E-state index in [9.17, 15) is 0 Å². The predicted octanol–water partition coefficient (Wildman–Crippen LogP) is 3.13. The Balaban J connectivity index is 0. The van der Waals surface area contributed by atoms with E-state index in [1.807, 2.05) is 0 Å². The van der Waals surface area contributed by atoms with Crippen molar-refractivity contribution in [2.45, 2.75) is 13.3 Å². The highest BCUT2D eigenvalue weighted by molar-refractivity contribution is 14.0. The fourth-order valence-electron chi connectivity index (χ4n) is 0.576. The van der Waals surface area contributed by atoms with Crippen LogP contribution in [0, 0.1) is 0 Å². The number of halogens is 2. The highest BCUT2D eigenvalue weighted by Crippen LogP contribution is 2.05. The first-order valence-corrected chi connectivity index (χ1v) is 2.23. The standard InChI is InChI=1S/C6H8.2HI/c1-6-4-2-3-5-6;;/h2,4-5H,3H2,1H3;2*1H. The van der Waals surface area contributed by atoms with Gasteiger partial charge in [0.15, 0.2) is 0 Å². The minimum Gasteiger partial charge on any atom is -0.107 e. The van der Waals surface area contributed by atoms with E-state index < -0.39 is 0 Å². The average Bonchev–Trinajstić information content (AvgIpc) is 1.86. The summed E-state index contributed by atoms with van der Waals surface area (Å²) in [6, 6.07) is 0. The Morgan fingerprint density at radius 2 is 2.00 bits per heavy atom. The van der Waals surface area contributed by atoms with Gasteiger partial charge in [-0.2, -0.15) is 0 Å². The smallest absolute Gasteiger partial charge is 0.0160 e. The van der Waals surface area contributed by atoms with E-state index in [2.05, 4.69) is 25.2 Å². The molecule has 0 bridgehead atoms. The molecule has 0 aromatic rings. The van der Waals surface area contributed by atoms with Crippen molar-refractivity contribution in [1.82, 2.24) is 0 Å². The van der Waals surface area contributed by atoms with Crippen LogP contribution in [-0.4, -0.2) is 0 Å². The van der Waals surface area contributed by atoms with Crippen molar-refractivity contribution in [2.24, 2.45) is 0 Å². The van der Waals surface area contributed by atoms with Gasteiger partial charge in [0.05, 0.1) is 0 Å². The molecule has 0 spiro atoms. The van der Waals surface area contributed by atoms with Crippen LogP contribution in [0.2, 0.25) is 0 Å². The fourth-order valence-corrected chi connectivity index (χ4v) is 0.576. The first-order valence-electron chi connectivity index (χ1n) is 2.23. The molecular weight excluding hydrogens is 326 g/mol. The zero-order chi connectivity index (χ0) is 4.41. The van der Waals surface area contributed by atoms with Gasteiger partial charge in [-0.05, 0) is 13.3 Å². The zero-order valence-electron chi connectivity index (χ0n) is 4.76. The third-order valence-electron chi connectivity index (χ3n) is 0.957. The molecule has 0 heterocycles. The molecule has 0 saturated carbocycles. The lowest BCUT2D eigenvalue weighted by molar-refractivity contribution is 1.42. The molecule has 0 aromatic carbocycles. The molecule has 1 aliphatic carbocycles. The van der Waals surface area contributed by atoms with Gasteiger partial charge in [0.1, 0.15) is 0 Å². The Kier molecular flexibility index (Phi) is 8.87. The van der Waals surface area contributed by atoms with Crippen molar-refractivity contribution in [3.63, 3.8) is 0 Å². The summed E-state index contributed by atoms with van der Waals surface area (Å²) in [5.41, 5.74) is 1.40. The molecule has 0 atom stereocenters. The third-order valence-corrected chi connectivity index (χ3v) is 0.957. The van der Waals surface area contributed by atoms with Gasteiger partial charge >= 0.3 is 0 Å². The van der Waals surface area contributed by atoms with E-state index in [4.69, 9.17) is 0 Å². The van der Waals surface area contributed by atoms with Gasteiger partial charge in [-0.25, -0.2) is 0 Å². The topological polar surface area (TPSA) is 0 Å². The number of allylic oxidation sites excluding steroid dienone is 4. The molecule has 0 fully saturated rings. The molecule has 2 heteroatoms. The Hall–Kier alpha value is 0.940. The van der Waals surface area contributed by atoms with Crippen LogP contribution in [0.1, 0.15) is 13.3 Å². The highest BCUT2D eigenvalue weighted by Gasteiger charge is 1.84.